The molecule has 1 heterocycles. The van der Waals surface area contributed by atoms with Gasteiger partial charge < -0.3 is 4.74 Å². The zero-order chi connectivity index (χ0) is 11.8. The highest BCUT2D eigenvalue weighted by atomic mass is 35.5. The number of carbonyl (C=O) groups excluding carboxylic acids is 1. The van der Waals surface area contributed by atoms with Gasteiger partial charge in [-0.3, -0.25) is 4.79 Å². The van der Waals surface area contributed by atoms with Crippen LogP contribution < -0.4 is 0 Å². The first-order valence-corrected chi connectivity index (χ1v) is 6.59. The largest absolute Gasteiger partial charge is 0.462 e. The molecule has 0 N–H and O–H groups in total. The predicted octanol–water partition coefficient (Wildman–Crippen LogP) is 3.54. The van der Waals surface area contributed by atoms with Crippen LogP contribution in [0.15, 0.2) is 24.3 Å². The minimum atomic E-state index is -0.0981. The third-order valence-electron chi connectivity index (χ3n) is 3.91. The highest BCUT2D eigenvalue weighted by Gasteiger charge is 2.45. The number of fused-ring (bicyclic) bond motifs is 1. The number of carbonyl (C=O) groups is 1. The Hall–Kier alpha value is -1.02. The molecule has 1 aliphatic heterocycles. The molecule has 2 nitrogen and oxygen atoms in total. The van der Waals surface area contributed by atoms with Gasteiger partial charge in [-0.15, -0.1) is 0 Å². The van der Waals surface area contributed by atoms with Crippen molar-refractivity contribution in [2.24, 2.45) is 5.92 Å². The molecule has 17 heavy (non-hydrogen) atoms. The number of halogens is 1. The Morgan fingerprint density at radius 2 is 2.06 bits per heavy atom. The molecule has 1 saturated heterocycles. The first kappa shape index (κ1) is 11.1. The van der Waals surface area contributed by atoms with Crippen molar-refractivity contribution < 1.29 is 9.53 Å². The second-order valence-electron chi connectivity index (χ2n) is 4.96. The minimum Gasteiger partial charge on any atom is -0.462 e. The van der Waals surface area contributed by atoms with E-state index in [0.29, 0.717) is 10.9 Å². The summed E-state index contributed by atoms with van der Waals surface area (Å²) in [5, 5.41) is 0.689. The molecule has 1 aromatic carbocycles. The van der Waals surface area contributed by atoms with Crippen molar-refractivity contribution in [1.29, 1.82) is 0 Å². The average Bonchev–Trinajstić information content (AvgIpc) is 2.64. The van der Waals surface area contributed by atoms with E-state index in [2.05, 4.69) is 0 Å². The summed E-state index contributed by atoms with van der Waals surface area (Å²) >= 11 is 5.99. The SMILES string of the molecule is O=C1O[C@@H]2CCCC[C@H]2[C@@H]1c1cccc(Cl)c1. The molecule has 3 atom stereocenters. The molecule has 0 amide bonds. The Labute approximate surface area is 106 Å². The zero-order valence-electron chi connectivity index (χ0n) is 9.56. The molecular weight excluding hydrogens is 236 g/mol. The van der Waals surface area contributed by atoms with Crippen LogP contribution >= 0.6 is 11.6 Å². The Morgan fingerprint density at radius 3 is 2.88 bits per heavy atom. The van der Waals surface area contributed by atoms with E-state index in [1.54, 1.807) is 0 Å². The topological polar surface area (TPSA) is 26.3 Å². The van der Waals surface area contributed by atoms with Gasteiger partial charge in [0.25, 0.3) is 0 Å². The van der Waals surface area contributed by atoms with Crippen molar-refractivity contribution in [2.45, 2.75) is 37.7 Å². The Balaban J connectivity index is 1.93. The van der Waals surface area contributed by atoms with Crippen LogP contribution in [-0.2, 0) is 9.53 Å². The maximum absolute atomic E-state index is 12.0. The molecule has 0 radical (unpaired) electrons. The van der Waals surface area contributed by atoms with E-state index in [0.717, 1.165) is 18.4 Å². The van der Waals surface area contributed by atoms with Crippen molar-refractivity contribution in [2.75, 3.05) is 0 Å². The quantitative estimate of drug-likeness (QED) is 0.713. The molecule has 3 rings (SSSR count). The van der Waals surface area contributed by atoms with Crippen LogP contribution in [0.4, 0.5) is 0 Å². The van der Waals surface area contributed by atoms with Crippen LogP contribution in [0.3, 0.4) is 0 Å². The van der Waals surface area contributed by atoms with Crippen LogP contribution in [0, 0.1) is 5.92 Å². The maximum atomic E-state index is 12.0. The normalized spacial score (nSPS) is 32.1. The molecule has 1 saturated carbocycles. The third-order valence-corrected chi connectivity index (χ3v) is 4.15. The third kappa shape index (κ3) is 1.95. The summed E-state index contributed by atoms with van der Waals surface area (Å²) in [6, 6.07) is 7.62. The van der Waals surface area contributed by atoms with Gasteiger partial charge in [0.05, 0.1) is 5.92 Å². The Morgan fingerprint density at radius 1 is 1.24 bits per heavy atom. The van der Waals surface area contributed by atoms with Crippen molar-refractivity contribution in [1.82, 2.24) is 0 Å². The summed E-state index contributed by atoms with van der Waals surface area (Å²) in [6.07, 6.45) is 4.63. The van der Waals surface area contributed by atoms with E-state index in [4.69, 9.17) is 16.3 Å². The van der Waals surface area contributed by atoms with Gasteiger partial charge in [-0.1, -0.05) is 30.2 Å². The molecule has 1 aromatic rings. The summed E-state index contributed by atoms with van der Waals surface area (Å²) in [5.74, 6) is 0.192. The molecular formula is C14H15ClO2. The van der Waals surface area contributed by atoms with Gasteiger partial charge in [0.2, 0.25) is 0 Å². The fourth-order valence-corrected chi connectivity index (χ4v) is 3.33. The number of ether oxygens (including phenoxy) is 1. The molecule has 0 spiro atoms. The number of benzene rings is 1. The van der Waals surface area contributed by atoms with Crippen molar-refractivity contribution in [3.8, 4) is 0 Å². The summed E-state index contributed by atoms with van der Waals surface area (Å²) in [5.41, 5.74) is 1.01. The van der Waals surface area contributed by atoms with Crippen LogP contribution in [0.1, 0.15) is 37.2 Å². The molecule has 3 heteroatoms. The maximum Gasteiger partial charge on any atom is 0.314 e. The first-order chi connectivity index (χ1) is 8.25. The van der Waals surface area contributed by atoms with Crippen LogP contribution in [0.25, 0.3) is 0 Å². The Bertz CT molecular complexity index is 444. The smallest absolute Gasteiger partial charge is 0.314 e. The van der Waals surface area contributed by atoms with Gasteiger partial charge >= 0.3 is 5.97 Å². The van der Waals surface area contributed by atoms with Gasteiger partial charge in [-0.2, -0.15) is 0 Å². The van der Waals surface area contributed by atoms with Crippen molar-refractivity contribution in [3.05, 3.63) is 34.9 Å². The number of hydrogen-bond donors (Lipinski definition) is 0. The summed E-state index contributed by atoms with van der Waals surface area (Å²) in [4.78, 5) is 12.0. The zero-order valence-corrected chi connectivity index (χ0v) is 10.3. The lowest BCUT2D eigenvalue weighted by Gasteiger charge is -2.25. The highest BCUT2D eigenvalue weighted by Crippen LogP contribution is 2.44. The predicted molar refractivity (Wildman–Crippen MR) is 66.0 cm³/mol. The molecule has 0 unspecified atom stereocenters. The molecule has 2 aliphatic rings. The number of esters is 1. The monoisotopic (exact) mass is 250 g/mol. The fraction of sp³-hybridized carbons (Fsp3) is 0.500. The minimum absolute atomic E-state index is 0.0656. The van der Waals surface area contributed by atoms with E-state index < -0.39 is 0 Å². The van der Waals surface area contributed by atoms with Gasteiger partial charge in [0.1, 0.15) is 6.10 Å². The number of hydrogen-bond acceptors (Lipinski definition) is 2. The van der Waals surface area contributed by atoms with E-state index in [-0.39, 0.29) is 18.0 Å². The van der Waals surface area contributed by atoms with E-state index in [9.17, 15) is 4.79 Å². The second kappa shape index (κ2) is 4.34. The van der Waals surface area contributed by atoms with Crippen LogP contribution in [0.5, 0.6) is 0 Å². The number of rotatable bonds is 1. The van der Waals surface area contributed by atoms with Crippen molar-refractivity contribution in [3.63, 3.8) is 0 Å². The van der Waals surface area contributed by atoms with Gasteiger partial charge in [0.15, 0.2) is 0 Å². The van der Waals surface area contributed by atoms with Gasteiger partial charge in [-0.25, -0.2) is 0 Å². The molecule has 0 bridgehead atoms. The van der Waals surface area contributed by atoms with Crippen molar-refractivity contribution >= 4 is 17.6 Å². The summed E-state index contributed by atoms with van der Waals surface area (Å²) in [7, 11) is 0. The van der Waals surface area contributed by atoms with E-state index in [1.807, 2.05) is 24.3 Å². The van der Waals surface area contributed by atoms with Gasteiger partial charge in [0, 0.05) is 10.9 Å². The molecule has 0 aromatic heterocycles. The lowest BCUT2D eigenvalue weighted by molar-refractivity contribution is -0.142. The lowest BCUT2D eigenvalue weighted by atomic mass is 9.77. The summed E-state index contributed by atoms with van der Waals surface area (Å²) < 4.78 is 5.49. The fourth-order valence-electron chi connectivity index (χ4n) is 3.13. The van der Waals surface area contributed by atoms with E-state index in [1.165, 1.54) is 12.8 Å². The Kier molecular flexibility index (Phi) is 2.83. The van der Waals surface area contributed by atoms with E-state index >= 15 is 0 Å². The van der Waals surface area contributed by atoms with Crippen LogP contribution in [0.2, 0.25) is 5.02 Å². The molecule has 90 valence electrons. The standard InChI is InChI=1S/C14H15ClO2/c15-10-5-3-4-9(8-10)13-11-6-1-2-7-12(11)17-14(13)16/h3-5,8,11-13H,1-2,6-7H2/t11-,12-,13+/m1/s1. The second-order valence-corrected chi connectivity index (χ2v) is 5.39. The highest BCUT2D eigenvalue weighted by molar-refractivity contribution is 6.30. The summed E-state index contributed by atoms with van der Waals surface area (Å²) in [6.45, 7) is 0. The van der Waals surface area contributed by atoms with Crippen LogP contribution in [-0.4, -0.2) is 12.1 Å². The average molecular weight is 251 g/mol. The van der Waals surface area contributed by atoms with Gasteiger partial charge in [-0.05, 0) is 37.0 Å². The molecule has 2 fully saturated rings. The molecule has 1 aliphatic carbocycles. The lowest BCUT2D eigenvalue weighted by Crippen LogP contribution is -2.23. The first-order valence-electron chi connectivity index (χ1n) is 6.21.